The van der Waals surface area contributed by atoms with Gasteiger partial charge in [-0.1, -0.05) is 6.07 Å². The fraction of sp³-hybridized carbons (Fsp3) is 0.550. The molecule has 0 aromatic carbocycles. The first-order valence-corrected chi connectivity index (χ1v) is 9.68. The van der Waals surface area contributed by atoms with Gasteiger partial charge in [-0.2, -0.15) is 0 Å². The van der Waals surface area contributed by atoms with Crippen LogP contribution in [0.2, 0.25) is 0 Å². The second-order valence-electron chi connectivity index (χ2n) is 7.36. The number of rotatable bonds is 5. The van der Waals surface area contributed by atoms with Gasteiger partial charge in [0.2, 0.25) is 0 Å². The van der Waals surface area contributed by atoms with E-state index in [0.29, 0.717) is 5.92 Å². The molecule has 1 N–H and O–H groups in total. The monoisotopic (exact) mass is 353 g/mol. The van der Waals surface area contributed by atoms with Gasteiger partial charge < -0.3 is 14.9 Å². The quantitative estimate of drug-likeness (QED) is 0.890. The Kier molecular flexibility index (Phi) is 5.29. The van der Waals surface area contributed by atoms with E-state index in [1.54, 1.807) is 6.33 Å². The molecule has 6 nitrogen and oxygen atoms in total. The number of nitrogens with zero attached hydrogens (tertiary/aromatic N) is 5. The summed E-state index contributed by atoms with van der Waals surface area (Å²) >= 11 is 0. The van der Waals surface area contributed by atoms with Crippen LogP contribution in [0.4, 0.5) is 11.6 Å². The third-order valence-corrected chi connectivity index (χ3v) is 5.68. The van der Waals surface area contributed by atoms with Crippen LogP contribution in [-0.2, 0) is 6.42 Å². The molecule has 0 amide bonds. The maximum Gasteiger partial charge on any atom is 0.134 e. The van der Waals surface area contributed by atoms with Crippen LogP contribution in [-0.4, -0.2) is 52.3 Å². The van der Waals surface area contributed by atoms with E-state index in [9.17, 15) is 5.11 Å². The highest BCUT2D eigenvalue weighted by Gasteiger charge is 2.26. The molecular weight excluding hydrogens is 326 g/mol. The Morgan fingerprint density at radius 3 is 2.62 bits per heavy atom. The van der Waals surface area contributed by atoms with Gasteiger partial charge in [-0.3, -0.25) is 4.98 Å². The number of aliphatic hydroxyl groups is 1. The lowest BCUT2D eigenvalue weighted by Crippen LogP contribution is -2.36. The lowest BCUT2D eigenvalue weighted by Gasteiger charge is -2.33. The second kappa shape index (κ2) is 7.99. The van der Waals surface area contributed by atoms with Crippen molar-refractivity contribution in [2.24, 2.45) is 5.92 Å². The Labute approximate surface area is 154 Å². The summed E-state index contributed by atoms with van der Waals surface area (Å²) in [4.78, 5) is 18.0. The van der Waals surface area contributed by atoms with Crippen molar-refractivity contribution < 1.29 is 5.11 Å². The summed E-state index contributed by atoms with van der Waals surface area (Å²) in [5.74, 6) is 2.65. The fourth-order valence-electron chi connectivity index (χ4n) is 4.18. The van der Waals surface area contributed by atoms with Gasteiger partial charge in [0.1, 0.15) is 18.0 Å². The van der Waals surface area contributed by atoms with E-state index in [4.69, 9.17) is 0 Å². The molecule has 2 saturated heterocycles. The van der Waals surface area contributed by atoms with Gasteiger partial charge in [0.05, 0.1) is 12.6 Å². The van der Waals surface area contributed by atoms with Gasteiger partial charge in [-0.25, -0.2) is 9.97 Å². The molecule has 2 aromatic rings. The number of hydrogen-bond acceptors (Lipinski definition) is 6. The lowest BCUT2D eigenvalue weighted by molar-refractivity contribution is 0.266. The third-order valence-electron chi connectivity index (χ3n) is 5.68. The normalized spacial score (nSPS) is 21.3. The molecule has 0 aliphatic carbocycles. The van der Waals surface area contributed by atoms with Crippen molar-refractivity contribution in [1.82, 2.24) is 15.0 Å². The molecule has 0 saturated carbocycles. The molecule has 6 heteroatoms. The number of anilines is 2. The molecule has 4 rings (SSSR count). The van der Waals surface area contributed by atoms with E-state index in [0.717, 1.165) is 50.5 Å². The summed E-state index contributed by atoms with van der Waals surface area (Å²) < 4.78 is 0. The van der Waals surface area contributed by atoms with Gasteiger partial charge in [-0.15, -0.1) is 0 Å². The van der Waals surface area contributed by atoms with E-state index in [2.05, 4.69) is 43.0 Å². The zero-order valence-corrected chi connectivity index (χ0v) is 15.2. The van der Waals surface area contributed by atoms with Gasteiger partial charge in [-0.05, 0) is 50.2 Å². The van der Waals surface area contributed by atoms with Gasteiger partial charge in [0.15, 0.2) is 0 Å². The number of aromatic nitrogens is 3. The molecule has 0 bridgehead atoms. The van der Waals surface area contributed by atoms with Crippen molar-refractivity contribution in [2.75, 3.05) is 36.0 Å². The van der Waals surface area contributed by atoms with E-state index in [-0.39, 0.29) is 12.6 Å². The first-order chi connectivity index (χ1) is 12.8. The number of aliphatic hydroxyl groups excluding tert-OH is 1. The Morgan fingerprint density at radius 1 is 1.00 bits per heavy atom. The maximum atomic E-state index is 9.57. The summed E-state index contributed by atoms with van der Waals surface area (Å²) in [6.45, 7) is 3.21. The van der Waals surface area contributed by atoms with Crippen LogP contribution in [0.25, 0.3) is 0 Å². The minimum absolute atomic E-state index is 0.193. The minimum atomic E-state index is 0.193. The van der Waals surface area contributed by atoms with Crippen molar-refractivity contribution in [3.05, 3.63) is 42.5 Å². The average Bonchev–Trinajstić information content (AvgIpc) is 3.18. The molecule has 138 valence electrons. The predicted molar refractivity (Wildman–Crippen MR) is 102 cm³/mol. The standard InChI is InChI=1S/C20H27N5O/c26-14-18-5-3-9-25(18)20-13-19(22-15-23-20)24-10-6-16(7-11-24)12-17-4-1-2-8-21-17/h1-2,4,8,13,15-16,18,26H,3,5-7,9-12,14H2. The summed E-state index contributed by atoms with van der Waals surface area (Å²) in [6, 6.07) is 8.45. The van der Waals surface area contributed by atoms with E-state index in [1.165, 1.54) is 18.5 Å². The van der Waals surface area contributed by atoms with Crippen LogP contribution in [0.1, 0.15) is 31.4 Å². The zero-order chi connectivity index (χ0) is 17.8. The first kappa shape index (κ1) is 17.2. The van der Waals surface area contributed by atoms with Crippen LogP contribution >= 0.6 is 0 Å². The summed E-state index contributed by atoms with van der Waals surface area (Å²) in [5.41, 5.74) is 1.19. The molecule has 0 spiro atoms. The Morgan fingerprint density at radius 2 is 1.85 bits per heavy atom. The molecule has 2 aliphatic rings. The molecule has 2 aliphatic heterocycles. The molecule has 26 heavy (non-hydrogen) atoms. The van der Waals surface area contributed by atoms with Crippen molar-refractivity contribution in [3.8, 4) is 0 Å². The predicted octanol–water partition coefficient (Wildman–Crippen LogP) is 2.29. The topological polar surface area (TPSA) is 65.4 Å². The maximum absolute atomic E-state index is 9.57. The van der Waals surface area contributed by atoms with Crippen LogP contribution in [0.3, 0.4) is 0 Å². The molecule has 4 heterocycles. The first-order valence-electron chi connectivity index (χ1n) is 9.68. The van der Waals surface area contributed by atoms with E-state index >= 15 is 0 Å². The highest BCUT2D eigenvalue weighted by Crippen LogP contribution is 2.28. The molecule has 2 aromatic heterocycles. The van der Waals surface area contributed by atoms with Crippen molar-refractivity contribution in [2.45, 2.75) is 38.1 Å². The SMILES string of the molecule is OCC1CCCN1c1cc(N2CCC(Cc3ccccn3)CC2)ncn1. The zero-order valence-electron chi connectivity index (χ0n) is 15.2. The summed E-state index contributed by atoms with van der Waals surface area (Å²) in [6.07, 6.45) is 9.09. The minimum Gasteiger partial charge on any atom is -0.394 e. The molecule has 2 fully saturated rings. The molecule has 0 radical (unpaired) electrons. The van der Waals surface area contributed by atoms with Crippen molar-refractivity contribution in [3.63, 3.8) is 0 Å². The summed E-state index contributed by atoms with van der Waals surface area (Å²) in [7, 11) is 0. The highest BCUT2D eigenvalue weighted by molar-refractivity contribution is 5.51. The van der Waals surface area contributed by atoms with Crippen molar-refractivity contribution in [1.29, 1.82) is 0 Å². The largest absolute Gasteiger partial charge is 0.394 e. The Balaban J connectivity index is 1.38. The number of piperidine rings is 1. The molecule has 1 unspecified atom stereocenters. The average molecular weight is 353 g/mol. The fourth-order valence-corrected chi connectivity index (χ4v) is 4.18. The number of hydrogen-bond donors (Lipinski definition) is 1. The molecular formula is C20H27N5O. The highest BCUT2D eigenvalue weighted by atomic mass is 16.3. The van der Waals surface area contributed by atoms with Crippen LogP contribution in [0.15, 0.2) is 36.8 Å². The van der Waals surface area contributed by atoms with E-state index in [1.807, 2.05) is 12.3 Å². The van der Waals surface area contributed by atoms with E-state index < -0.39 is 0 Å². The van der Waals surface area contributed by atoms with Crippen LogP contribution in [0, 0.1) is 5.92 Å². The van der Waals surface area contributed by atoms with Gasteiger partial charge >= 0.3 is 0 Å². The van der Waals surface area contributed by atoms with Gasteiger partial charge in [0, 0.05) is 37.6 Å². The Hall–Kier alpha value is -2.21. The third kappa shape index (κ3) is 3.80. The van der Waals surface area contributed by atoms with Crippen LogP contribution in [0.5, 0.6) is 0 Å². The Bertz CT molecular complexity index is 702. The number of pyridine rings is 1. The van der Waals surface area contributed by atoms with Crippen LogP contribution < -0.4 is 9.80 Å². The molecule has 1 atom stereocenters. The second-order valence-corrected chi connectivity index (χ2v) is 7.36. The summed E-state index contributed by atoms with van der Waals surface area (Å²) in [5, 5.41) is 9.57. The van der Waals surface area contributed by atoms with Crippen molar-refractivity contribution >= 4 is 11.6 Å². The lowest BCUT2D eigenvalue weighted by atomic mass is 9.92. The van der Waals surface area contributed by atoms with Gasteiger partial charge in [0.25, 0.3) is 0 Å². The smallest absolute Gasteiger partial charge is 0.134 e.